The predicted molar refractivity (Wildman–Crippen MR) is 82.7 cm³/mol. The number of pyridine rings is 1. The number of aliphatic imine (C=N–C) groups is 1. The van der Waals surface area contributed by atoms with Crippen molar-refractivity contribution in [1.82, 2.24) is 15.6 Å². The number of rotatable bonds is 4. The maximum Gasteiger partial charge on any atom is 0.191 e. The van der Waals surface area contributed by atoms with Crippen molar-refractivity contribution in [2.75, 3.05) is 13.6 Å². The molecule has 0 spiro atoms. The minimum absolute atomic E-state index is 0.686. The fourth-order valence-electron chi connectivity index (χ4n) is 2.27. The van der Waals surface area contributed by atoms with Gasteiger partial charge in [-0.1, -0.05) is 24.3 Å². The molecule has 0 atom stereocenters. The number of aromatic nitrogens is 1. The third kappa shape index (κ3) is 3.07. The van der Waals surface area contributed by atoms with E-state index in [1.165, 1.54) is 23.6 Å². The van der Waals surface area contributed by atoms with E-state index in [1.807, 2.05) is 18.3 Å². The second-order valence-electron chi connectivity index (χ2n) is 5.23. The first-order chi connectivity index (χ1) is 9.86. The summed E-state index contributed by atoms with van der Waals surface area (Å²) in [6.45, 7) is 1.70. The summed E-state index contributed by atoms with van der Waals surface area (Å²) in [6.07, 6.45) is 4.55. The Morgan fingerprint density at radius 2 is 2.10 bits per heavy atom. The lowest BCUT2D eigenvalue weighted by Crippen LogP contribution is -2.38. The standard InChI is InChI=1S/C16H20N4/c1-17-16(19-10-12-6-7-12)20-11-15-14-5-3-2-4-13(14)8-9-18-15/h2-5,8-9,12H,6-7,10-11H2,1H3,(H2,17,19,20). The van der Waals surface area contributed by atoms with Gasteiger partial charge in [0.15, 0.2) is 5.96 Å². The van der Waals surface area contributed by atoms with Crippen molar-refractivity contribution < 1.29 is 0 Å². The fourth-order valence-corrected chi connectivity index (χ4v) is 2.27. The highest BCUT2D eigenvalue weighted by atomic mass is 15.2. The molecule has 1 aromatic heterocycles. The number of nitrogens with zero attached hydrogens (tertiary/aromatic N) is 2. The molecule has 4 nitrogen and oxygen atoms in total. The molecule has 0 radical (unpaired) electrons. The lowest BCUT2D eigenvalue weighted by Gasteiger charge is -2.12. The van der Waals surface area contributed by atoms with Crippen LogP contribution in [0.3, 0.4) is 0 Å². The van der Waals surface area contributed by atoms with E-state index in [0.717, 1.165) is 24.1 Å². The highest BCUT2D eigenvalue weighted by molar-refractivity contribution is 5.85. The fraction of sp³-hybridized carbons (Fsp3) is 0.375. The van der Waals surface area contributed by atoms with Gasteiger partial charge in [0, 0.05) is 25.2 Å². The molecular formula is C16H20N4. The van der Waals surface area contributed by atoms with Gasteiger partial charge in [-0.25, -0.2) is 0 Å². The molecule has 1 fully saturated rings. The lowest BCUT2D eigenvalue weighted by molar-refractivity contribution is 0.734. The van der Waals surface area contributed by atoms with Gasteiger partial charge in [0.25, 0.3) is 0 Å². The minimum atomic E-state index is 0.686. The van der Waals surface area contributed by atoms with Crippen LogP contribution in [0.15, 0.2) is 41.5 Å². The Balaban J connectivity index is 1.66. The van der Waals surface area contributed by atoms with Gasteiger partial charge in [-0.3, -0.25) is 9.98 Å². The van der Waals surface area contributed by atoms with Crippen molar-refractivity contribution in [1.29, 1.82) is 0 Å². The highest BCUT2D eigenvalue weighted by Gasteiger charge is 2.21. The summed E-state index contributed by atoms with van der Waals surface area (Å²) in [5.41, 5.74) is 1.05. The Morgan fingerprint density at radius 1 is 1.25 bits per heavy atom. The van der Waals surface area contributed by atoms with E-state index in [2.05, 4.69) is 38.8 Å². The van der Waals surface area contributed by atoms with Crippen LogP contribution in [0.25, 0.3) is 10.8 Å². The number of guanidine groups is 1. The quantitative estimate of drug-likeness (QED) is 0.661. The van der Waals surface area contributed by atoms with Crippen LogP contribution in [0.5, 0.6) is 0 Å². The third-order valence-corrected chi connectivity index (χ3v) is 3.66. The van der Waals surface area contributed by atoms with Crippen molar-refractivity contribution in [2.45, 2.75) is 19.4 Å². The molecule has 4 heteroatoms. The zero-order valence-corrected chi connectivity index (χ0v) is 11.8. The van der Waals surface area contributed by atoms with Crippen LogP contribution in [0.2, 0.25) is 0 Å². The Bertz CT molecular complexity index is 611. The van der Waals surface area contributed by atoms with Crippen molar-refractivity contribution >= 4 is 16.7 Å². The van der Waals surface area contributed by atoms with E-state index >= 15 is 0 Å². The van der Waals surface area contributed by atoms with E-state index in [0.29, 0.717) is 6.54 Å². The molecule has 1 aliphatic rings. The van der Waals surface area contributed by atoms with E-state index in [-0.39, 0.29) is 0 Å². The number of hydrogen-bond acceptors (Lipinski definition) is 2. The smallest absolute Gasteiger partial charge is 0.191 e. The molecule has 2 N–H and O–H groups in total. The molecule has 0 amide bonds. The zero-order chi connectivity index (χ0) is 13.8. The zero-order valence-electron chi connectivity index (χ0n) is 11.8. The van der Waals surface area contributed by atoms with Crippen LogP contribution < -0.4 is 10.6 Å². The van der Waals surface area contributed by atoms with Gasteiger partial charge < -0.3 is 10.6 Å². The molecular weight excluding hydrogens is 248 g/mol. The van der Waals surface area contributed by atoms with Gasteiger partial charge in [-0.2, -0.15) is 0 Å². The van der Waals surface area contributed by atoms with Gasteiger partial charge in [0.2, 0.25) is 0 Å². The molecule has 1 aromatic carbocycles. The van der Waals surface area contributed by atoms with Gasteiger partial charge in [0.1, 0.15) is 0 Å². The maximum absolute atomic E-state index is 4.48. The summed E-state index contributed by atoms with van der Waals surface area (Å²) in [7, 11) is 1.80. The van der Waals surface area contributed by atoms with Crippen LogP contribution in [-0.4, -0.2) is 24.5 Å². The first-order valence-corrected chi connectivity index (χ1v) is 7.14. The third-order valence-electron chi connectivity index (χ3n) is 3.66. The van der Waals surface area contributed by atoms with Crippen LogP contribution in [0.1, 0.15) is 18.5 Å². The predicted octanol–water partition coefficient (Wildman–Crippen LogP) is 2.31. The average Bonchev–Trinajstić information content (AvgIpc) is 3.32. The number of benzene rings is 1. The monoisotopic (exact) mass is 268 g/mol. The van der Waals surface area contributed by atoms with Crippen molar-refractivity contribution in [3.63, 3.8) is 0 Å². The molecule has 1 heterocycles. The molecule has 104 valence electrons. The molecule has 0 saturated heterocycles. The number of nitrogens with one attached hydrogen (secondary N) is 2. The largest absolute Gasteiger partial charge is 0.356 e. The normalized spacial score (nSPS) is 15.3. The summed E-state index contributed by atoms with van der Waals surface area (Å²) < 4.78 is 0. The van der Waals surface area contributed by atoms with Gasteiger partial charge in [0.05, 0.1) is 12.2 Å². The van der Waals surface area contributed by atoms with E-state index < -0.39 is 0 Å². The first kappa shape index (κ1) is 12.9. The molecule has 1 saturated carbocycles. The topological polar surface area (TPSA) is 49.3 Å². The van der Waals surface area contributed by atoms with Crippen molar-refractivity contribution in [3.05, 3.63) is 42.2 Å². The van der Waals surface area contributed by atoms with Crippen molar-refractivity contribution in [3.8, 4) is 0 Å². The SMILES string of the molecule is CN=C(NCc1nccc2ccccc12)NCC1CC1. The minimum Gasteiger partial charge on any atom is -0.356 e. The van der Waals surface area contributed by atoms with Gasteiger partial charge >= 0.3 is 0 Å². The highest BCUT2D eigenvalue weighted by Crippen LogP contribution is 2.27. The lowest BCUT2D eigenvalue weighted by atomic mass is 10.1. The Labute approximate surface area is 119 Å². The Morgan fingerprint density at radius 3 is 2.90 bits per heavy atom. The van der Waals surface area contributed by atoms with Gasteiger partial charge in [-0.15, -0.1) is 0 Å². The van der Waals surface area contributed by atoms with Crippen molar-refractivity contribution in [2.24, 2.45) is 10.9 Å². The van der Waals surface area contributed by atoms with Crippen LogP contribution in [0.4, 0.5) is 0 Å². The second-order valence-corrected chi connectivity index (χ2v) is 5.23. The van der Waals surface area contributed by atoms with Gasteiger partial charge in [-0.05, 0) is 30.2 Å². The van der Waals surface area contributed by atoms with E-state index in [9.17, 15) is 0 Å². The molecule has 0 unspecified atom stereocenters. The molecule has 0 bridgehead atoms. The maximum atomic E-state index is 4.48. The average molecular weight is 268 g/mol. The van der Waals surface area contributed by atoms with E-state index in [1.54, 1.807) is 7.05 Å². The number of fused-ring (bicyclic) bond motifs is 1. The summed E-state index contributed by atoms with van der Waals surface area (Å²) in [5.74, 6) is 1.69. The Kier molecular flexibility index (Phi) is 3.81. The molecule has 0 aliphatic heterocycles. The van der Waals surface area contributed by atoms with Crippen LogP contribution >= 0.6 is 0 Å². The van der Waals surface area contributed by atoms with Crippen LogP contribution in [0, 0.1) is 5.92 Å². The summed E-state index contributed by atoms with van der Waals surface area (Å²) in [6, 6.07) is 10.4. The molecule has 1 aliphatic carbocycles. The summed E-state index contributed by atoms with van der Waals surface area (Å²) in [4.78, 5) is 8.73. The van der Waals surface area contributed by atoms with E-state index in [4.69, 9.17) is 0 Å². The first-order valence-electron chi connectivity index (χ1n) is 7.14. The second kappa shape index (κ2) is 5.90. The summed E-state index contributed by atoms with van der Waals surface area (Å²) >= 11 is 0. The summed E-state index contributed by atoms with van der Waals surface area (Å²) in [5, 5.41) is 9.12. The number of hydrogen-bond donors (Lipinski definition) is 2. The molecule has 2 aromatic rings. The molecule has 3 rings (SSSR count). The Hall–Kier alpha value is -2.10. The molecule has 20 heavy (non-hydrogen) atoms. The van der Waals surface area contributed by atoms with Crippen LogP contribution in [-0.2, 0) is 6.54 Å².